The van der Waals surface area contributed by atoms with Gasteiger partial charge in [-0.05, 0) is 72.5 Å². The lowest BCUT2D eigenvalue weighted by molar-refractivity contribution is 0.114. The lowest BCUT2D eigenvalue weighted by Crippen LogP contribution is -2.29. The lowest BCUT2D eigenvalue weighted by atomic mass is 9.66. The summed E-state index contributed by atoms with van der Waals surface area (Å²) < 4.78 is 0. The Balaban J connectivity index is 1.79. The van der Waals surface area contributed by atoms with Gasteiger partial charge in [0.25, 0.3) is 0 Å². The Bertz CT molecular complexity index is 305. The van der Waals surface area contributed by atoms with Crippen LogP contribution in [0.3, 0.4) is 0 Å². The molecule has 0 radical (unpaired) electrons. The summed E-state index contributed by atoms with van der Waals surface area (Å²) in [6.07, 6.45) is 9.07. The Morgan fingerprint density at radius 2 is 1.44 bits per heavy atom. The smallest absolute Gasteiger partial charge is 0.0295 e. The summed E-state index contributed by atoms with van der Waals surface area (Å²) in [6, 6.07) is 0. The van der Waals surface area contributed by atoms with Crippen molar-refractivity contribution >= 4 is 0 Å². The normalized spacial score (nSPS) is 51.2. The molecule has 104 valence electrons. The van der Waals surface area contributed by atoms with Crippen molar-refractivity contribution in [1.29, 1.82) is 0 Å². The predicted molar refractivity (Wildman–Crippen MR) is 78.4 cm³/mol. The van der Waals surface area contributed by atoms with Gasteiger partial charge in [0.15, 0.2) is 0 Å². The maximum Gasteiger partial charge on any atom is -0.0295 e. The molecule has 0 aromatic rings. The number of hydrogen-bond donors (Lipinski definition) is 0. The minimum absolute atomic E-state index is 0.644. The SMILES string of the molecule is CCC(C)C1(C)CC2C3CC(CC(C)(C)C3)C2C1. The van der Waals surface area contributed by atoms with Gasteiger partial charge in [-0.1, -0.05) is 41.0 Å². The standard InChI is InChI=1S/C18H32/c1-6-12(2)18(5)10-15-13-7-14(16(15)11-18)9-17(3,4)8-13/h12-16H,6-11H2,1-5H3. The quantitative estimate of drug-likeness (QED) is 0.603. The van der Waals surface area contributed by atoms with Crippen molar-refractivity contribution in [2.75, 3.05) is 0 Å². The van der Waals surface area contributed by atoms with Crippen LogP contribution in [0.2, 0.25) is 0 Å². The van der Waals surface area contributed by atoms with E-state index >= 15 is 0 Å². The highest BCUT2D eigenvalue weighted by Crippen LogP contribution is 2.66. The van der Waals surface area contributed by atoms with Gasteiger partial charge in [0.05, 0.1) is 0 Å². The molecular weight excluding hydrogens is 216 g/mol. The number of hydrogen-bond acceptors (Lipinski definition) is 0. The Hall–Kier alpha value is 0. The molecule has 0 nitrogen and oxygen atoms in total. The van der Waals surface area contributed by atoms with Crippen LogP contribution in [0, 0.1) is 40.4 Å². The van der Waals surface area contributed by atoms with Gasteiger partial charge in [-0.15, -0.1) is 0 Å². The van der Waals surface area contributed by atoms with Crippen molar-refractivity contribution in [1.82, 2.24) is 0 Å². The van der Waals surface area contributed by atoms with Crippen molar-refractivity contribution < 1.29 is 0 Å². The van der Waals surface area contributed by atoms with Crippen LogP contribution in [-0.2, 0) is 0 Å². The summed E-state index contributed by atoms with van der Waals surface area (Å²) in [4.78, 5) is 0. The fraction of sp³-hybridized carbons (Fsp3) is 1.00. The van der Waals surface area contributed by atoms with Gasteiger partial charge >= 0.3 is 0 Å². The van der Waals surface area contributed by atoms with E-state index in [2.05, 4.69) is 34.6 Å². The van der Waals surface area contributed by atoms with Gasteiger partial charge < -0.3 is 0 Å². The minimum atomic E-state index is 0.644. The van der Waals surface area contributed by atoms with Crippen LogP contribution in [0.15, 0.2) is 0 Å². The topological polar surface area (TPSA) is 0 Å². The van der Waals surface area contributed by atoms with E-state index in [9.17, 15) is 0 Å². The molecule has 5 unspecified atom stereocenters. The molecular formula is C18H32. The van der Waals surface area contributed by atoms with E-state index in [0.717, 1.165) is 29.6 Å². The van der Waals surface area contributed by atoms with Gasteiger partial charge in [0.1, 0.15) is 0 Å². The molecule has 0 amide bonds. The molecule has 0 spiro atoms. The molecule has 3 fully saturated rings. The van der Waals surface area contributed by atoms with Crippen molar-refractivity contribution in [3.8, 4) is 0 Å². The zero-order valence-corrected chi connectivity index (χ0v) is 13.1. The predicted octanol–water partition coefficient (Wildman–Crippen LogP) is 5.52. The first-order chi connectivity index (χ1) is 8.35. The molecule has 3 rings (SSSR count). The summed E-state index contributed by atoms with van der Waals surface area (Å²) in [5.41, 5.74) is 1.31. The molecule has 0 saturated heterocycles. The molecule has 0 heteroatoms. The van der Waals surface area contributed by atoms with E-state index in [-0.39, 0.29) is 0 Å². The van der Waals surface area contributed by atoms with Crippen molar-refractivity contribution in [2.24, 2.45) is 40.4 Å². The maximum absolute atomic E-state index is 2.60. The molecule has 18 heavy (non-hydrogen) atoms. The third kappa shape index (κ3) is 1.86. The molecule has 0 aliphatic heterocycles. The molecule has 2 bridgehead atoms. The Kier molecular flexibility index (Phi) is 2.89. The first kappa shape index (κ1) is 13.0. The lowest BCUT2D eigenvalue weighted by Gasteiger charge is -2.39. The molecule has 3 saturated carbocycles. The summed E-state index contributed by atoms with van der Waals surface area (Å²) in [7, 11) is 0. The molecule has 0 heterocycles. The van der Waals surface area contributed by atoms with Crippen LogP contribution >= 0.6 is 0 Å². The van der Waals surface area contributed by atoms with Crippen LogP contribution in [0.4, 0.5) is 0 Å². The second-order valence-corrected chi connectivity index (χ2v) is 9.03. The fourth-order valence-corrected chi connectivity index (χ4v) is 6.10. The monoisotopic (exact) mass is 248 g/mol. The zero-order chi connectivity index (χ0) is 13.1. The van der Waals surface area contributed by atoms with Gasteiger partial charge in [0, 0.05) is 0 Å². The van der Waals surface area contributed by atoms with Crippen LogP contribution in [0.5, 0.6) is 0 Å². The summed E-state index contributed by atoms with van der Waals surface area (Å²) in [5.74, 6) is 5.27. The second-order valence-electron chi connectivity index (χ2n) is 9.03. The molecule has 0 aromatic heterocycles. The second kappa shape index (κ2) is 4.00. The molecule has 5 atom stereocenters. The zero-order valence-electron chi connectivity index (χ0n) is 13.1. The van der Waals surface area contributed by atoms with Crippen LogP contribution in [-0.4, -0.2) is 0 Å². The van der Waals surface area contributed by atoms with Gasteiger partial charge in [-0.3, -0.25) is 0 Å². The van der Waals surface area contributed by atoms with Crippen molar-refractivity contribution in [3.05, 3.63) is 0 Å². The van der Waals surface area contributed by atoms with Gasteiger partial charge in [-0.2, -0.15) is 0 Å². The fourth-order valence-electron chi connectivity index (χ4n) is 6.10. The molecule has 3 aliphatic rings. The van der Waals surface area contributed by atoms with Gasteiger partial charge in [0.2, 0.25) is 0 Å². The first-order valence-electron chi connectivity index (χ1n) is 8.35. The van der Waals surface area contributed by atoms with Gasteiger partial charge in [-0.25, -0.2) is 0 Å². The highest BCUT2D eigenvalue weighted by molar-refractivity contribution is 5.06. The largest absolute Gasteiger partial charge is 0.0651 e. The van der Waals surface area contributed by atoms with E-state index in [1.165, 1.54) is 19.3 Å². The van der Waals surface area contributed by atoms with E-state index in [1.807, 2.05) is 0 Å². The third-order valence-corrected chi connectivity index (χ3v) is 7.20. The Morgan fingerprint density at radius 3 is 1.89 bits per heavy atom. The maximum atomic E-state index is 2.60. The van der Waals surface area contributed by atoms with E-state index in [1.54, 1.807) is 19.3 Å². The van der Waals surface area contributed by atoms with E-state index < -0.39 is 0 Å². The first-order valence-corrected chi connectivity index (χ1v) is 8.35. The van der Waals surface area contributed by atoms with Crippen LogP contribution in [0.25, 0.3) is 0 Å². The van der Waals surface area contributed by atoms with Crippen LogP contribution in [0.1, 0.15) is 73.1 Å². The summed E-state index contributed by atoms with van der Waals surface area (Å²) in [6.45, 7) is 12.5. The number of fused-ring (bicyclic) bond motifs is 5. The Morgan fingerprint density at radius 1 is 0.944 bits per heavy atom. The van der Waals surface area contributed by atoms with Crippen LogP contribution < -0.4 is 0 Å². The Labute approximate surface area is 114 Å². The number of rotatable bonds is 2. The average molecular weight is 248 g/mol. The summed E-state index contributed by atoms with van der Waals surface area (Å²) >= 11 is 0. The highest BCUT2D eigenvalue weighted by atomic mass is 14.6. The van der Waals surface area contributed by atoms with Crippen molar-refractivity contribution in [2.45, 2.75) is 73.1 Å². The molecule has 3 aliphatic carbocycles. The average Bonchev–Trinajstić information content (AvgIpc) is 2.75. The molecule has 0 aromatic carbocycles. The highest BCUT2D eigenvalue weighted by Gasteiger charge is 2.57. The van der Waals surface area contributed by atoms with Crippen molar-refractivity contribution in [3.63, 3.8) is 0 Å². The van der Waals surface area contributed by atoms with E-state index in [4.69, 9.17) is 0 Å². The molecule has 0 N–H and O–H groups in total. The minimum Gasteiger partial charge on any atom is -0.0651 e. The third-order valence-electron chi connectivity index (χ3n) is 7.20. The summed E-state index contributed by atoms with van der Waals surface area (Å²) in [5, 5.41) is 0. The van der Waals surface area contributed by atoms with E-state index in [0.29, 0.717) is 10.8 Å².